The summed E-state index contributed by atoms with van der Waals surface area (Å²) in [6.45, 7) is 1.85. The first-order valence-electron chi connectivity index (χ1n) is 9.70. The van der Waals surface area contributed by atoms with E-state index in [9.17, 15) is 26.3 Å². The third-order valence-corrected chi connectivity index (χ3v) is 5.20. The number of halogens is 6. The summed E-state index contributed by atoms with van der Waals surface area (Å²) in [7, 11) is 0. The fraction of sp³-hybridized carbons (Fsp3) is 0.0769. The normalized spacial score (nSPS) is 10.8. The van der Waals surface area contributed by atoms with Crippen molar-refractivity contribution in [2.45, 2.75) is 12.3 Å². The summed E-state index contributed by atoms with van der Waals surface area (Å²) < 4.78 is 84.5. The van der Waals surface area contributed by atoms with E-state index in [1.807, 2.05) is 6.92 Å². The van der Waals surface area contributed by atoms with Gasteiger partial charge in [0.15, 0.2) is 0 Å². The molecule has 0 bridgehead atoms. The smallest absolute Gasteiger partial charge is 0.344 e. The summed E-state index contributed by atoms with van der Waals surface area (Å²) in [5, 5.41) is 0. The Kier molecular flexibility index (Phi) is 7.37. The van der Waals surface area contributed by atoms with Crippen molar-refractivity contribution in [3.63, 3.8) is 0 Å². The molecule has 2 nitrogen and oxygen atoms in total. The zero-order valence-corrected chi connectivity index (χ0v) is 17.6. The van der Waals surface area contributed by atoms with Crippen LogP contribution in [0, 0.1) is 12.3 Å². The molecule has 0 saturated heterocycles. The van der Waals surface area contributed by atoms with Crippen LogP contribution in [-0.4, -0.2) is 0 Å². The lowest BCUT2D eigenvalue weighted by atomic mass is 9.71. The maximum Gasteiger partial charge on any atom is 0.344 e. The van der Waals surface area contributed by atoms with Crippen LogP contribution < -0.4 is 9.47 Å². The molecule has 0 aromatic heterocycles. The SMILES string of the molecule is C#Cc1ccc(C(C)(c2ccc(OC(F)=C(F)F)cc2)c2ccc(OC(F)=C(F)F)cc2)cc1. The lowest BCUT2D eigenvalue weighted by Crippen LogP contribution is -2.25. The zero-order valence-electron chi connectivity index (χ0n) is 17.6. The number of ether oxygens (including phenoxy) is 2. The molecule has 0 saturated carbocycles. The van der Waals surface area contributed by atoms with Crippen LogP contribution in [0.4, 0.5) is 26.3 Å². The molecule has 0 aliphatic carbocycles. The molecule has 0 radical (unpaired) electrons. The van der Waals surface area contributed by atoms with Gasteiger partial charge in [-0.05, 0) is 60.0 Å². The van der Waals surface area contributed by atoms with Crippen LogP contribution in [0.5, 0.6) is 11.5 Å². The molecular formula is C26H16F6O2. The Morgan fingerprint density at radius 3 is 1.24 bits per heavy atom. The first-order valence-corrected chi connectivity index (χ1v) is 9.70. The van der Waals surface area contributed by atoms with Gasteiger partial charge < -0.3 is 9.47 Å². The Bertz CT molecular complexity index is 1180. The van der Waals surface area contributed by atoms with Gasteiger partial charge in [0.2, 0.25) is 0 Å². The maximum atomic E-state index is 13.1. The van der Waals surface area contributed by atoms with Crippen LogP contribution in [0.3, 0.4) is 0 Å². The summed E-state index contributed by atoms with van der Waals surface area (Å²) in [6.07, 6.45) is 0.273. The van der Waals surface area contributed by atoms with E-state index in [4.69, 9.17) is 6.42 Å². The monoisotopic (exact) mass is 474 g/mol. The zero-order chi connectivity index (χ0) is 24.9. The predicted molar refractivity (Wildman–Crippen MR) is 115 cm³/mol. The van der Waals surface area contributed by atoms with Gasteiger partial charge >= 0.3 is 24.2 Å². The van der Waals surface area contributed by atoms with E-state index in [0.29, 0.717) is 16.7 Å². The second-order valence-electron chi connectivity index (χ2n) is 7.17. The highest BCUT2D eigenvalue weighted by Gasteiger charge is 2.31. The van der Waals surface area contributed by atoms with E-state index >= 15 is 0 Å². The lowest BCUT2D eigenvalue weighted by Gasteiger charge is -2.32. The van der Waals surface area contributed by atoms with Crippen LogP contribution in [0.1, 0.15) is 29.2 Å². The third-order valence-electron chi connectivity index (χ3n) is 5.20. The highest BCUT2D eigenvalue weighted by atomic mass is 19.3. The standard InChI is InChI=1S/C26H16F6O2/c1-3-16-4-6-17(7-5-16)26(2,18-8-12-20(13-9-18)33-24(31)22(27)28)19-10-14-21(15-11-19)34-25(32)23(29)30/h1,4-15H,2H3. The molecule has 0 spiro atoms. The molecule has 0 unspecified atom stereocenters. The van der Waals surface area contributed by atoms with Gasteiger partial charge in [0.25, 0.3) is 0 Å². The number of hydrogen-bond donors (Lipinski definition) is 0. The van der Waals surface area contributed by atoms with Crippen molar-refractivity contribution >= 4 is 0 Å². The van der Waals surface area contributed by atoms with Crippen LogP contribution in [0.25, 0.3) is 0 Å². The number of hydrogen-bond acceptors (Lipinski definition) is 2. The maximum absolute atomic E-state index is 13.1. The molecule has 3 aromatic rings. The fourth-order valence-electron chi connectivity index (χ4n) is 3.40. The van der Waals surface area contributed by atoms with Crippen molar-refractivity contribution in [1.82, 2.24) is 0 Å². The van der Waals surface area contributed by atoms with E-state index in [0.717, 1.165) is 5.56 Å². The Labute approximate surface area is 191 Å². The molecule has 0 aliphatic heterocycles. The van der Waals surface area contributed by atoms with Gasteiger partial charge in [-0.2, -0.15) is 26.3 Å². The van der Waals surface area contributed by atoms with E-state index in [2.05, 4.69) is 15.4 Å². The minimum absolute atomic E-state index is 0.140. The Balaban J connectivity index is 2.06. The third kappa shape index (κ3) is 5.26. The first-order chi connectivity index (χ1) is 16.1. The van der Waals surface area contributed by atoms with Crippen LogP contribution >= 0.6 is 0 Å². The van der Waals surface area contributed by atoms with Gasteiger partial charge in [-0.25, -0.2) is 0 Å². The van der Waals surface area contributed by atoms with E-state index in [1.165, 1.54) is 24.3 Å². The molecule has 34 heavy (non-hydrogen) atoms. The van der Waals surface area contributed by atoms with Gasteiger partial charge in [0.1, 0.15) is 11.5 Å². The molecule has 0 aliphatic rings. The highest BCUT2D eigenvalue weighted by Crippen LogP contribution is 2.40. The Morgan fingerprint density at radius 1 is 0.618 bits per heavy atom. The van der Waals surface area contributed by atoms with Crippen LogP contribution in [0.15, 0.2) is 97.0 Å². The molecule has 3 rings (SSSR count). The summed E-state index contributed by atoms with van der Waals surface area (Å²) in [5.74, 6) is 2.24. The quantitative estimate of drug-likeness (QED) is 0.150. The van der Waals surface area contributed by atoms with Gasteiger partial charge in [0.05, 0.1) is 0 Å². The molecule has 8 heteroatoms. The van der Waals surface area contributed by atoms with Gasteiger partial charge in [-0.15, -0.1) is 6.42 Å². The van der Waals surface area contributed by atoms with Crippen LogP contribution in [-0.2, 0) is 5.41 Å². The molecular weight excluding hydrogens is 458 g/mol. The highest BCUT2D eigenvalue weighted by molar-refractivity contribution is 5.52. The topological polar surface area (TPSA) is 18.5 Å². The van der Waals surface area contributed by atoms with Gasteiger partial charge in [0, 0.05) is 11.0 Å². The minimum atomic E-state index is -2.58. The molecule has 0 N–H and O–H groups in total. The van der Waals surface area contributed by atoms with Gasteiger partial charge in [-0.3, -0.25) is 0 Å². The predicted octanol–water partition coefficient (Wildman–Crippen LogP) is 7.85. The number of benzene rings is 3. The lowest BCUT2D eigenvalue weighted by molar-refractivity contribution is 0.241. The molecule has 0 heterocycles. The van der Waals surface area contributed by atoms with Crippen LogP contribution in [0.2, 0.25) is 0 Å². The molecule has 0 atom stereocenters. The molecule has 3 aromatic carbocycles. The minimum Gasteiger partial charge on any atom is -0.428 e. The summed E-state index contributed by atoms with van der Waals surface area (Å²) in [6, 6.07) is 14.6. The van der Waals surface area contributed by atoms with E-state index in [1.54, 1.807) is 48.5 Å². The number of rotatable bonds is 7. The molecule has 0 fully saturated rings. The van der Waals surface area contributed by atoms with E-state index in [-0.39, 0.29) is 11.5 Å². The Morgan fingerprint density at radius 2 is 0.941 bits per heavy atom. The first kappa shape index (κ1) is 24.5. The average Bonchev–Trinajstić information content (AvgIpc) is 2.84. The second kappa shape index (κ2) is 10.2. The van der Waals surface area contributed by atoms with Crippen molar-refractivity contribution in [1.29, 1.82) is 0 Å². The summed E-state index contributed by atoms with van der Waals surface area (Å²) >= 11 is 0. The van der Waals surface area contributed by atoms with Gasteiger partial charge in [-0.1, -0.05) is 42.3 Å². The Hall–Kier alpha value is -4.12. The van der Waals surface area contributed by atoms with Crippen molar-refractivity contribution in [2.75, 3.05) is 0 Å². The fourth-order valence-corrected chi connectivity index (χ4v) is 3.40. The van der Waals surface area contributed by atoms with Crippen molar-refractivity contribution in [3.05, 3.63) is 119 Å². The van der Waals surface area contributed by atoms with Crippen molar-refractivity contribution in [2.24, 2.45) is 0 Å². The largest absolute Gasteiger partial charge is 0.428 e. The molecule has 0 amide bonds. The molecule has 174 valence electrons. The van der Waals surface area contributed by atoms with E-state index < -0.39 is 29.6 Å². The van der Waals surface area contributed by atoms with Crippen molar-refractivity contribution < 1.29 is 35.8 Å². The number of terminal acetylenes is 1. The summed E-state index contributed by atoms with van der Waals surface area (Å²) in [5.41, 5.74) is 1.87. The summed E-state index contributed by atoms with van der Waals surface area (Å²) in [4.78, 5) is 0. The van der Waals surface area contributed by atoms with Crippen molar-refractivity contribution in [3.8, 4) is 23.8 Å². The second-order valence-corrected chi connectivity index (χ2v) is 7.17. The average molecular weight is 474 g/mol.